The van der Waals surface area contributed by atoms with Crippen LogP contribution in [-0.2, 0) is 11.8 Å². The molecule has 36 heavy (non-hydrogen) atoms. The van der Waals surface area contributed by atoms with E-state index in [-0.39, 0.29) is 24.1 Å². The zero-order valence-corrected chi connectivity index (χ0v) is 21.6. The van der Waals surface area contributed by atoms with E-state index < -0.39 is 0 Å². The van der Waals surface area contributed by atoms with Crippen LogP contribution in [0.2, 0.25) is 0 Å². The number of carbonyl (C=O) groups is 1. The molecule has 3 aromatic rings. The predicted octanol–water partition coefficient (Wildman–Crippen LogP) is 3.25. The normalized spacial score (nSPS) is 17.0. The third-order valence-corrected chi connectivity index (χ3v) is 7.20. The monoisotopic (exact) mass is 509 g/mol. The first-order valence-corrected chi connectivity index (χ1v) is 12.4. The van der Waals surface area contributed by atoms with Crippen LogP contribution < -0.4 is 10.1 Å². The molecule has 0 bridgehead atoms. The van der Waals surface area contributed by atoms with Crippen LogP contribution in [0.25, 0.3) is 22.3 Å². The standard InChI is InChI=1S/C26H31N7O2.ClH/c1-17-13-20(23-21-7-10-32(2)24(21)31-22(14-27)30-23)15-29-25(17)35-16-18-5-11-33(12-6-18)26(34)19-3-8-28-9-4-19;/h7,10,13,15,18-19,28H,3-6,8-9,11-12,16H2,1-2H3;1H. The molecule has 0 radical (unpaired) electrons. The number of aromatic nitrogens is 4. The molecular weight excluding hydrogens is 478 g/mol. The molecule has 5 heterocycles. The Morgan fingerprint density at radius 2 is 1.97 bits per heavy atom. The van der Waals surface area contributed by atoms with Gasteiger partial charge in [0.15, 0.2) is 0 Å². The Morgan fingerprint density at radius 3 is 2.67 bits per heavy atom. The molecular formula is C26H32ClN7O2. The van der Waals surface area contributed by atoms with Gasteiger partial charge >= 0.3 is 0 Å². The lowest BCUT2D eigenvalue weighted by atomic mass is 9.93. The second-order valence-electron chi connectivity index (χ2n) is 9.62. The van der Waals surface area contributed by atoms with Crippen molar-refractivity contribution in [1.29, 1.82) is 5.26 Å². The molecule has 2 saturated heterocycles. The highest BCUT2D eigenvalue weighted by Gasteiger charge is 2.29. The van der Waals surface area contributed by atoms with Gasteiger partial charge in [0, 0.05) is 55.0 Å². The molecule has 0 unspecified atom stereocenters. The molecule has 0 aromatic carbocycles. The first kappa shape index (κ1) is 25.9. The minimum Gasteiger partial charge on any atom is -0.477 e. The Balaban J connectivity index is 0.00000304. The summed E-state index contributed by atoms with van der Waals surface area (Å²) in [6.45, 7) is 6.07. The van der Waals surface area contributed by atoms with Gasteiger partial charge in [-0.25, -0.2) is 15.0 Å². The van der Waals surface area contributed by atoms with E-state index >= 15 is 0 Å². The number of likely N-dealkylation sites (tertiary alicyclic amines) is 1. The van der Waals surface area contributed by atoms with E-state index in [2.05, 4.69) is 20.3 Å². The largest absolute Gasteiger partial charge is 0.477 e. The Morgan fingerprint density at radius 1 is 1.22 bits per heavy atom. The molecule has 2 aliphatic rings. The maximum Gasteiger partial charge on any atom is 0.234 e. The molecule has 2 aliphatic heterocycles. The predicted molar refractivity (Wildman–Crippen MR) is 139 cm³/mol. The summed E-state index contributed by atoms with van der Waals surface area (Å²) in [4.78, 5) is 28.2. The number of piperidine rings is 2. The van der Waals surface area contributed by atoms with Gasteiger partial charge in [-0.15, -0.1) is 12.4 Å². The molecule has 190 valence electrons. The van der Waals surface area contributed by atoms with Crippen LogP contribution in [0.15, 0.2) is 24.5 Å². The number of fused-ring (bicyclic) bond motifs is 1. The Labute approximate surface area is 217 Å². The van der Waals surface area contributed by atoms with E-state index in [4.69, 9.17) is 4.74 Å². The van der Waals surface area contributed by atoms with Crippen LogP contribution in [0.3, 0.4) is 0 Å². The SMILES string of the molecule is Cc1cc(-c2nc(C#N)nc3c2ccn3C)cnc1OCC1CCN(C(=O)C2CCNCC2)CC1.Cl. The summed E-state index contributed by atoms with van der Waals surface area (Å²) in [5.41, 5.74) is 3.16. The number of nitrogens with zero attached hydrogens (tertiary/aromatic N) is 6. The summed E-state index contributed by atoms with van der Waals surface area (Å²) >= 11 is 0. The maximum absolute atomic E-state index is 12.8. The van der Waals surface area contributed by atoms with Crippen molar-refractivity contribution < 1.29 is 9.53 Å². The van der Waals surface area contributed by atoms with Crippen LogP contribution in [-0.4, -0.2) is 63.1 Å². The molecule has 1 N–H and O–H groups in total. The zero-order valence-electron chi connectivity index (χ0n) is 20.7. The molecule has 0 spiro atoms. The van der Waals surface area contributed by atoms with E-state index in [0.717, 1.165) is 74.0 Å². The molecule has 5 rings (SSSR count). The first-order chi connectivity index (χ1) is 17.0. The fraction of sp³-hybridized carbons (Fsp3) is 0.500. The maximum atomic E-state index is 12.8. The number of hydrogen-bond acceptors (Lipinski definition) is 7. The van der Waals surface area contributed by atoms with Gasteiger partial charge in [0.05, 0.1) is 12.3 Å². The summed E-state index contributed by atoms with van der Waals surface area (Å²) in [5, 5.41) is 13.6. The highest BCUT2D eigenvalue weighted by atomic mass is 35.5. The minimum atomic E-state index is 0. The fourth-order valence-corrected chi connectivity index (χ4v) is 5.09. The Kier molecular flexibility index (Phi) is 8.07. The molecule has 9 nitrogen and oxygen atoms in total. The van der Waals surface area contributed by atoms with Gasteiger partial charge in [-0.1, -0.05) is 0 Å². The third kappa shape index (κ3) is 5.30. The number of amides is 1. The van der Waals surface area contributed by atoms with Crippen molar-refractivity contribution in [3.05, 3.63) is 35.9 Å². The zero-order chi connectivity index (χ0) is 24.4. The summed E-state index contributed by atoms with van der Waals surface area (Å²) in [7, 11) is 1.90. The number of ether oxygens (including phenoxy) is 1. The van der Waals surface area contributed by atoms with Crippen LogP contribution in [0, 0.1) is 30.1 Å². The lowest BCUT2D eigenvalue weighted by molar-refractivity contribution is -0.137. The van der Waals surface area contributed by atoms with E-state index in [1.807, 2.05) is 47.8 Å². The topological polar surface area (TPSA) is 109 Å². The van der Waals surface area contributed by atoms with Gasteiger partial charge in [0.1, 0.15) is 11.7 Å². The van der Waals surface area contributed by atoms with Gasteiger partial charge < -0.3 is 19.5 Å². The van der Waals surface area contributed by atoms with Gasteiger partial charge in [0.2, 0.25) is 17.6 Å². The van der Waals surface area contributed by atoms with Crippen molar-refractivity contribution in [1.82, 2.24) is 29.7 Å². The number of aryl methyl sites for hydroxylation is 2. The average Bonchev–Trinajstić information content (AvgIpc) is 3.28. The molecule has 0 aliphatic carbocycles. The minimum absolute atomic E-state index is 0. The van der Waals surface area contributed by atoms with E-state index in [9.17, 15) is 10.1 Å². The second kappa shape index (κ2) is 11.2. The van der Waals surface area contributed by atoms with Gasteiger partial charge in [-0.2, -0.15) is 5.26 Å². The lowest BCUT2D eigenvalue weighted by Gasteiger charge is -2.35. The van der Waals surface area contributed by atoms with Gasteiger partial charge in [-0.3, -0.25) is 4.79 Å². The van der Waals surface area contributed by atoms with Crippen molar-refractivity contribution in [2.45, 2.75) is 32.6 Å². The van der Waals surface area contributed by atoms with Crippen molar-refractivity contribution in [2.24, 2.45) is 18.9 Å². The average molecular weight is 510 g/mol. The van der Waals surface area contributed by atoms with Gasteiger partial charge in [0.25, 0.3) is 0 Å². The number of pyridine rings is 1. The smallest absolute Gasteiger partial charge is 0.234 e. The molecule has 10 heteroatoms. The molecule has 0 atom stereocenters. The number of nitrogens with one attached hydrogen (secondary N) is 1. The third-order valence-electron chi connectivity index (χ3n) is 7.20. The number of rotatable bonds is 5. The Bertz CT molecular complexity index is 1270. The van der Waals surface area contributed by atoms with Crippen molar-refractivity contribution in [3.63, 3.8) is 0 Å². The van der Waals surface area contributed by atoms with Crippen molar-refractivity contribution >= 4 is 29.3 Å². The summed E-state index contributed by atoms with van der Waals surface area (Å²) in [6.07, 6.45) is 7.47. The van der Waals surface area contributed by atoms with Crippen LogP contribution in [0.4, 0.5) is 0 Å². The van der Waals surface area contributed by atoms with Crippen LogP contribution >= 0.6 is 12.4 Å². The van der Waals surface area contributed by atoms with Crippen molar-refractivity contribution in [3.8, 4) is 23.2 Å². The summed E-state index contributed by atoms with van der Waals surface area (Å²) in [5.74, 6) is 1.68. The molecule has 3 aromatic heterocycles. The number of nitriles is 1. The number of hydrogen-bond donors (Lipinski definition) is 1. The van der Waals surface area contributed by atoms with Crippen LogP contribution in [0.1, 0.15) is 37.1 Å². The molecule has 2 fully saturated rings. The quantitative estimate of drug-likeness (QED) is 0.562. The highest BCUT2D eigenvalue weighted by molar-refractivity contribution is 5.91. The van der Waals surface area contributed by atoms with E-state index in [1.165, 1.54) is 0 Å². The lowest BCUT2D eigenvalue weighted by Crippen LogP contribution is -2.45. The number of halogens is 1. The molecule has 1 amide bonds. The van der Waals surface area contributed by atoms with E-state index in [0.29, 0.717) is 30.0 Å². The number of carbonyl (C=O) groups excluding carboxylic acids is 1. The van der Waals surface area contributed by atoms with Gasteiger partial charge in [-0.05, 0) is 63.7 Å². The van der Waals surface area contributed by atoms with Crippen molar-refractivity contribution in [2.75, 3.05) is 32.8 Å². The first-order valence-electron chi connectivity index (χ1n) is 12.4. The van der Waals surface area contributed by atoms with E-state index in [1.54, 1.807) is 6.20 Å². The Hall–Kier alpha value is -3.22. The highest BCUT2D eigenvalue weighted by Crippen LogP contribution is 2.29. The second-order valence-corrected chi connectivity index (χ2v) is 9.62. The fourth-order valence-electron chi connectivity index (χ4n) is 5.09. The molecule has 0 saturated carbocycles. The summed E-state index contributed by atoms with van der Waals surface area (Å²) in [6, 6.07) is 6.00. The van der Waals surface area contributed by atoms with Crippen LogP contribution in [0.5, 0.6) is 5.88 Å². The summed E-state index contributed by atoms with van der Waals surface area (Å²) < 4.78 is 7.98.